The number of aryl methyl sites for hydroxylation is 1. The molecule has 3 nitrogen and oxygen atoms in total. The van der Waals surface area contributed by atoms with Crippen LogP contribution in [0, 0.1) is 13.8 Å². The van der Waals surface area contributed by atoms with E-state index in [4.69, 9.17) is 16.6 Å². The second kappa shape index (κ2) is 7.82. The van der Waals surface area contributed by atoms with Crippen LogP contribution in [0.15, 0.2) is 76.7 Å². The summed E-state index contributed by atoms with van der Waals surface area (Å²) >= 11 is 7.89. The van der Waals surface area contributed by atoms with Crippen LogP contribution in [0.25, 0.3) is 16.6 Å². The fourth-order valence-corrected chi connectivity index (χ4v) is 4.33. The Morgan fingerprint density at radius 1 is 1.00 bits per heavy atom. The van der Waals surface area contributed by atoms with Gasteiger partial charge in [-0.2, -0.15) is 0 Å². The lowest BCUT2D eigenvalue weighted by Crippen LogP contribution is -2.22. The van der Waals surface area contributed by atoms with Crippen molar-refractivity contribution < 1.29 is 0 Å². The molecule has 0 bridgehead atoms. The van der Waals surface area contributed by atoms with Crippen LogP contribution in [-0.4, -0.2) is 9.55 Å². The zero-order valence-electron chi connectivity index (χ0n) is 15.6. The van der Waals surface area contributed by atoms with Gasteiger partial charge in [0.25, 0.3) is 5.56 Å². The second-order valence-corrected chi connectivity index (χ2v) is 8.06. The van der Waals surface area contributed by atoms with Crippen molar-refractivity contribution in [1.29, 1.82) is 0 Å². The van der Waals surface area contributed by atoms with Gasteiger partial charge < -0.3 is 0 Å². The van der Waals surface area contributed by atoms with Gasteiger partial charge in [0.05, 0.1) is 16.6 Å². The van der Waals surface area contributed by atoms with Gasteiger partial charge in [-0.3, -0.25) is 9.36 Å². The Hall–Kier alpha value is -2.56. The molecule has 0 N–H and O–H groups in total. The van der Waals surface area contributed by atoms with Gasteiger partial charge in [0, 0.05) is 10.8 Å². The van der Waals surface area contributed by atoms with Crippen molar-refractivity contribution in [2.24, 2.45) is 0 Å². The molecule has 28 heavy (non-hydrogen) atoms. The summed E-state index contributed by atoms with van der Waals surface area (Å²) in [7, 11) is 0. The number of thioether (sulfide) groups is 1. The number of halogens is 1. The number of fused-ring (bicyclic) bond motifs is 1. The smallest absolute Gasteiger partial charge is 0.266 e. The van der Waals surface area contributed by atoms with Gasteiger partial charge in [-0.15, -0.1) is 0 Å². The highest BCUT2D eigenvalue weighted by Crippen LogP contribution is 2.28. The molecule has 0 aliphatic heterocycles. The molecule has 0 amide bonds. The van der Waals surface area contributed by atoms with Crippen molar-refractivity contribution in [3.05, 3.63) is 98.8 Å². The third-order valence-corrected chi connectivity index (χ3v) is 6.09. The fraction of sp³-hybridized carbons (Fsp3) is 0.130. The molecule has 0 saturated heterocycles. The summed E-state index contributed by atoms with van der Waals surface area (Å²) in [6.45, 7) is 4.00. The Morgan fingerprint density at radius 2 is 1.79 bits per heavy atom. The van der Waals surface area contributed by atoms with Crippen molar-refractivity contribution >= 4 is 34.3 Å². The summed E-state index contributed by atoms with van der Waals surface area (Å²) in [5.41, 5.74) is 4.66. The van der Waals surface area contributed by atoms with E-state index in [2.05, 4.69) is 25.1 Å². The topological polar surface area (TPSA) is 34.9 Å². The van der Waals surface area contributed by atoms with Gasteiger partial charge >= 0.3 is 0 Å². The molecule has 0 unspecified atom stereocenters. The highest BCUT2D eigenvalue weighted by atomic mass is 35.5. The summed E-state index contributed by atoms with van der Waals surface area (Å²) in [4.78, 5) is 18.1. The van der Waals surface area contributed by atoms with Crippen molar-refractivity contribution in [1.82, 2.24) is 9.55 Å². The molecule has 0 saturated carbocycles. The molecule has 1 aromatic heterocycles. The molecule has 5 heteroatoms. The van der Waals surface area contributed by atoms with Gasteiger partial charge in [0.1, 0.15) is 0 Å². The van der Waals surface area contributed by atoms with Crippen molar-refractivity contribution in [3.8, 4) is 5.69 Å². The van der Waals surface area contributed by atoms with E-state index < -0.39 is 0 Å². The molecule has 0 aliphatic rings. The van der Waals surface area contributed by atoms with Crippen LogP contribution in [0.5, 0.6) is 0 Å². The number of rotatable bonds is 4. The molecule has 1 heterocycles. The number of nitrogens with zero attached hydrogens (tertiary/aromatic N) is 2. The van der Waals surface area contributed by atoms with Gasteiger partial charge in [0.15, 0.2) is 5.16 Å². The van der Waals surface area contributed by atoms with E-state index in [1.807, 2.05) is 55.5 Å². The van der Waals surface area contributed by atoms with E-state index in [0.29, 0.717) is 21.1 Å². The SMILES string of the molecule is Cc1cccc(CSc2nc3ccccc3c(=O)n2-c2cccc(Cl)c2C)c1. The average Bonchev–Trinajstić information content (AvgIpc) is 2.69. The minimum Gasteiger partial charge on any atom is -0.268 e. The van der Waals surface area contributed by atoms with Crippen LogP contribution < -0.4 is 5.56 Å². The maximum Gasteiger partial charge on any atom is 0.266 e. The van der Waals surface area contributed by atoms with E-state index in [1.165, 1.54) is 11.1 Å². The molecule has 4 rings (SSSR count). The quantitative estimate of drug-likeness (QED) is 0.310. The number of para-hydroxylation sites is 1. The molecule has 0 aliphatic carbocycles. The standard InChI is InChI=1S/C23H19ClN2OS/c1-15-7-5-8-17(13-15)14-28-23-25-20-11-4-3-9-18(20)22(27)26(23)21-12-6-10-19(24)16(21)2/h3-13H,14H2,1-2H3. The first kappa shape index (κ1) is 18.8. The molecule has 0 atom stereocenters. The van der Waals surface area contributed by atoms with Gasteiger partial charge in [-0.1, -0.05) is 71.4 Å². The van der Waals surface area contributed by atoms with E-state index >= 15 is 0 Å². The van der Waals surface area contributed by atoms with E-state index in [9.17, 15) is 4.79 Å². The van der Waals surface area contributed by atoms with Crippen LogP contribution >= 0.6 is 23.4 Å². The summed E-state index contributed by atoms with van der Waals surface area (Å²) in [5.74, 6) is 0.728. The van der Waals surface area contributed by atoms with E-state index in [0.717, 1.165) is 17.0 Å². The molecular formula is C23H19ClN2OS. The summed E-state index contributed by atoms with van der Waals surface area (Å²) < 4.78 is 1.68. The lowest BCUT2D eigenvalue weighted by atomic mass is 10.2. The number of aromatic nitrogens is 2. The number of hydrogen-bond acceptors (Lipinski definition) is 3. The lowest BCUT2D eigenvalue weighted by molar-refractivity contribution is 0.814. The number of hydrogen-bond donors (Lipinski definition) is 0. The predicted molar refractivity (Wildman–Crippen MR) is 118 cm³/mol. The third-order valence-electron chi connectivity index (χ3n) is 4.68. The minimum absolute atomic E-state index is 0.0808. The minimum atomic E-state index is -0.0808. The molecule has 3 aromatic carbocycles. The van der Waals surface area contributed by atoms with Crippen LogP contribution in [0.2, 0.25) is 5.02 Å². The predicted octanol–water partition coefficient (Wildman–Crippen LogP) is 5.95. The normalized spacial score (nSPS) is 11.1. The summed E-state index contributed by atoms with van der Waals surface area (Å²) in [6, 6.07) is 21.4. The van der Waals surface area contributed by atoms with E-state index in [-0.39, 0.29) is 5.56 Å². The van der Waals surface area contributed by atoms with Crippen molar-refractivity contribution in [3.63, 3.8) is 0 Å². The van der Waals surface area contributed by atoms with E-state index in [1.54, 1.807) is 16.3 Å². The monoisotopic (exact) mass is 406 g/mol. The van der Waals surface area contributed by atoms with Crippen LogP contribution in [0.3, 0.4) is 0 Å². The first-order valence-corrected chi connectivity index (χ1v) is 10.4. The van der Waals surface area contributed by atoms with Crippen molar-refractivity contribution in [2.45, 2.75) is 24.8 Å². The molecule has 0 spiro atoms. The Bertz CT molecular complexity index is 1230. The Balaban J connectivity index is 1.88. The Labute approximate surface area is 173 Å². The summed E-state index contributed by atoms with van der Waals surface area (Å²) in [6.07, 6.45) is 0. The molecule has 4 aromatic rings. The Kier molecular flexibility index (Phi) is 5.25. The number of benzene rings is 3. The molecular weight excluding hydrogens is 388 g/mol. The highest BCUT2D eigenvalue weighted by molar-refractivity contribution is 7.98. The van der Waals surface area contributed by atoms with Gasteiger partial charge in [0.2, 0.25) is 0 Å². The first-order chi connectivity index (χ1) is 13.5. The summed E-state index contributed by atoms with van der Waals surface area (Å²) in [5, 5.41) is 1.89. The van der Waals surface area contributed by atoms with Crippen molar-refractivity contribution in [2.75, 3.05) is 0 Å². The van der Waals surface area contributed by atoms with Gasteiger partial charge in [-0.25, -0.2) is 4.98 Å². The molecule has 140 valence electrons. The Morgan fingerprint density at radius 3 is 2.61 bits per heavy atom. The molecule has 0 fully saturated rings. The lowest BCUT2D eigenvalue weighted by Gasteiger charge is -2.16. The maximum atomic E-state index is 13.3. The second-order valence-electron chi connectivity index (χ2n) is 6.71. The zero-order chi connectivity index (χ0) is 19.7. The fourth-order valence-electron chi connectivity index (χ4n) is 3.21. The largest absolute Gasteiger partial charge is 0.268 e. The van der Waals surface area contributed by atoms with Crippen LogP contribution in [0.1, 0.15) is 16.7 Å². The highest BCUT2D eigenvalue weighted by Gasteiger charge is 2.16. The third kappa shape index (κ3) is 3.58. The molecule has 0 radical (unpaired) electrons. The van der Waals surface area contributed by atoms with Gasteiger partial charge in [-0.05, 0) is 49.2 Å². The van der Waals surface area contributed by atoms with Crippen LogP contribution in [-0.2, 0) is 5.75 Å². The first-order valence-electron chi connectivity index (χ1n) is 9.00. The maximum absolute atomic E-state index is 13.3. The average molecular weight is 407 g/mol. The zero-order valence-corrected chi connectivity index (χ0v) is 17.2. The van der Waals surface area contributed by atoms with Crippen LogP contribution in [0.4, 0.5) is 0 Å².